The van der Waals surface area contributed by atoms with Gasteiger partial charge in [0, 0.05) is 10.6 Å². The van der Waals surface area contributed by atoms with Crippen molar-refractivity contribution in [2.45, 2.75) is 18.2 Å². The molecule has 0 unspecified atom stereocenters. The third kappa shape index (κ3) is 3.68. The quantitative estimate of drug-likeness (QED) is 0.923. The number of sulfone groups is 1. The van der Waals surface area contributed by atoms with E-state index >= 15 is 0 Å². The second-order valence-electron chi connectivity index (χ2n) is 4.23. The molecule has 106 valence electrons. The van der Waals surface area contributed by atoms with Gasteiger partial charge in [0.15, 0.2) is 9.84 Å². The zero-order valence-electron chi connectivity index (χ0n) is 11.0. The lowest BCUT2D eigenvalue weighted by Gasteiger charge is -2.06. The van der Waals surface area contributed by atoms with Gasteiger partial charge in [0.2, 0.25) is 5.91 Å². The van der Waals surface area contributed by atoms with Crippen molar-refractivity contribution in [2.75, 3.05) is 11.1 Å². The minimum Gasteiger partial charge on any atom is -0.326 e. The maximum Gasteiger partial charge on any atom is 0.229 e. The van der Waals surface area contributed by atoms with Gasteiger partial charge >= 0.3 is 0 Å². The molecule has 2 rings (SSSR count). The summed E-state index contributed by atoms with van der Waals surface area (Å²) >= 11 is 1.53. The Labute approximate surface area is 122 Å². The fourth-order valence-corrected chi connectivity index (χ4v) is 3.28. The predicted octanol–water partition coefficient (Wildman–Crippen LogP) is 2.72. The topological polar surface area (TPSA) is 63.2 Å². The highest BCUT2D eigenvalue weighted by Crippen LogP contribution is 2.16. The monoisotopic (exact) mass is 309 g/mol. The van der Waals surface area contributed by atoms with E-state index in [0.29, 0.717) is 12.1 Å². The SMILES string of the molecule is CCS(=O)(=O)c1ccc(NC(=O)Cc2cccs2)cc1. The number of amides is 1. The summed E-state index contributed by atoms with van der Waals surface area (Å²) in [5, 5.41) is 4.67. The number of hydrogen-bond donors (Lipinski definition) is 1. The number of carbonyl (C=O) groups is 1. The Bertz CT molecular complexity index is 674. The Morgan fingerprint density at radius 2 is 1.90 bits per heavy atom. The number of hydrogen-bond acceptors (Lipinski definition) is 4. The molecule has 1 aromatic heterocycles. The first-order valence-electron chi connectivity index (χ1n) is 6.16. The van der Waals surface area contributed by atoms with E-state index in [-0.39, 0.29) is 16.6 Å². The molecule has 2 aromatic rings. The van der Waals surface area contributed by atoms with Crippen molar-refractivity contribution in [3.8, 4) is 0 Å². The summed E-state index contributed by atoms with van der Waals surface area (Å²) in [7, 11) is -3.20. The van der Waals surface area contributed by atoms with Crippen LogP contribution >= 0.6 is 11.3 Å². The molecule has 1 heterocycles. The molecule has 1 amide bonds. The smallest absolute Gasteiger partial charge is 0.229 e. The summed E-state index contributed by atoms with van der Waals surface area (Å²) < 4.78 is 23.3. The third-order valence-corrected chi connectivity index (χ3v) is 5.42. The van der Waals surface area contributed by atoms with Gasteiger partial charge in [-0.1, -0.05) is 13.0 Å². The van der Waals surface area contributed by atoms with Crippen LogP contribution in [0.1, 0.15) is 11.8 Å². The minimum absolute atomic E-state index is 0.0666. The first-order chi connectivity index (χ1) is 9.51. The molecule has 0 saturated heterocycles. The number of anilines is 1. The fourth-order valence-electron chi connectivity index (χ4n) is 1.69. The van der Waals surface area contributed by atoms with Crippen LogP contribution in [-0.4, -0.2) is 20.1 Å². The molecule has 0 atom stereocenters. The summed E-state index contributed by atoms with van der Waals surface area (Å²) in [5.74, 6) is -0.0459. The van der Waals surface area contributed by atoms with Crippen LogP contribution in [0.2, 0.25) is 0 Å². The van der Waals surface area contributed by atoms with Crippen LogP contribution in [0.5, 0.6) is 0 Å². The molecule has 0 aliphatic heterocycles. The van der Waals surface area contributed by atoms with Crippen molar-refractivity contribution < 1.29 is 13.2 Å². The third-order valence-electron chi connectivity index (χ3n) is 2.79. The molecular formula is C14H15NO3S2. The van der Waals surface area contributed by atoms with Gasteiger partial charge in [0.25, 0.3) is 0 Å². The van der Waals surface area contributed by atoms with Gasteiger partial charge < -0.3 is 5.32 Å². The van der Waals surface area contributed by atoms with Gasteiger partial charge in [-0.15, -0.1) is 11.3 Å². The number of nitrogens with one attached hydrogen (secondary N) is 1. The Morgan fingerprint density at radius 3 is 2.45 bits per heavy atom. The lowest BCUT2D eigenvalue weighted by atomic mass is 10.3. The van der Waals surface area contributed by atoms with E-state index in [2.05, 4.69) is 5.32 Å². The van der Waals surface area contributed by atoms with Crippen molar-refractivity contribution in [2.24, 2.45) is 0 Å². The van der Waals surface area contributed by atoms with Crippen LogP contribution in [0.4, 0.5) is 5.69 Å². The van der Waals surface area contributed by atoms with Crippen LogP contribution in [0, 0.1) is 0 Å². The number of thiophene rings is 1. The molecule has 1 aromatic carbocycles. The highest BCUT2D eigenvalue weighted by Gasteiger charge is 2.11. The van der Waals surface area contributed by atoms with Crippen molar-refractivity contribution in [3.63, 3.8) is 0 Å². The second kappa shape index (κ2) is 6.19. The molecule has 0 aliphatic carbocycles. The van der Waals surface area contributed by atoms with E-state index in [1.165, 1.54) is 23.5 Å². The summed E-state index contributed by atoms with van der Waals surface area (Å²) in [4.78, 5) is 13.1. The van der Waals surface area contributed by atoms with Crippen LogP contribution < -0.4 is 5.32 Å². The Morgan fingerprint density at radius 1 is 1.20 bits per heavy atom. The van der Waals surface area contributed by atoms with Crippen molar-refractivity contribution >= 4 is 32.8 Å². The minimum atomic E-state index is -3.20. The maximum atomic E-state index is 11.8. The van der Waals surface area contributed by atoms with Gasteiger partial charge in [0.05, 0.1) is 17.1 Å². The predicted molar refractivity (Wildman–Crippen MR) is 80.8 cm³/mol. The van der Waals surface area contributed by atoms with Gasteiger partial charge in [-0.3, -0.25) is 4.79 Å². The molecule has 0 spiro atoms. The molecule has 0 saturated carbocycles. The normalized spacial score (nSPS) is 11.2. The Hall–Kier alpha value is -1.66. The van der Waals surface area contributed by atoms with Crippen LogP contribution in [-0.2, 0) is 21.1 Å². The van der Waals surface area contributed by atoms with E-state index in [9.17, 15) is 13.2 Å². The molecule has 20 heavy (non-hydrogen) atoms. The molecular weight excluding hydrogens is 294 g/mol. The second-order valence-corrected chi connectivity index (χ2v) is 7.54. The standard InChI is InChI=1S/C14H15NO3S2/c1-2-20(17,18)13-7-5-11(6-8-13)15-14(16)10-12-4-3-9-19-12/h3-9H,2,10H2,1H3,(H,15,16). The Balaban J connectivity index is 2.02. The van der Waals surface area contributed by atoms with E-state index in [4.69, 9.17) is 0 Å². The van der Waals surface area contributed by atoms with Crippen LogP contribution in [0.25, 0.3) is 0 Å². The summed E-state index contributed by atoms with van der Waals surface area (Å²) in [5.41, 5.74) is 0.599. The van der Waals surface area contributed by atoms with Gasteiger partial charge in [-0.05, 0) is 35.7 Å². The molecule has 1 N–H and O–H groups in total. The van der Waals surface area contributed by atoms with E-state index in [1.807, 2.05) is 17.5 Å². The van der Waals surface area contributed by atoms with Crippen molar-refractivity contribution in [1.29, 1.82) is 0 Å². The molecule has 0 bridgehead atoms. The van der Waals surface area contributed by atoms with Crippen molar-refractivity contribution in [3.05, 3.63) is 46.7 Å². The van der Waals surface area contributed by atoms with E-state index < -0.39 is 9.84 Å². The highest BCUT2D eigenvalue weighted by atomic mass is 32.2. The van der Waals surface area contributed by atoms with E-state index in [0.717, 1.165) is 4.88 Å². The Kier molecular flexibility index (Phi) is 4.57. The molecule has 0 fully saturated rings. The molecule has 0 aliphatic rings. The number of benzene rings is 1. The van der Waals surface area contributed by atoms with Crippen LogP contribution in [0.3, 0.4) is 0 Å². The first kappa shape index (κ1) is 14.7. The number of carbonyl (C=O) groups excluding carboxylic acids is 1. The molecule has 6 heteroatoms. The summed E-state index contributed by atoms with van der Waals surface area (Å²) in [6, 6.07) is 10.0. The zero-order chi connectivity index (χ0) is 14.6. The van der Waals surface area contributed by atoms with Crippen molar-refractivity contribution in [1.82, 2.24) is 0 Å². The van der Waals surface area contributed by atoms with E-state index in [1.54, 1.807) is 19.1 Å². The fraction of sp³-hybridized carbons (Fsp3) is 0.214. The average Bonchev–Trinajstić information content (AvgIpc) is 2.92. The number of rotatable bonds is 5. The van der Waals surface area contributed by atoms with Gasteiger partial charge in [-0.25, -0.2) is 8.42 Å². The summed E-state index contributed by atoms with van der Waals surface area (Å²) in [6.45, 7) is 1.60. The maximum absolute atomic E-state index is 11.8. The summed E-state index contributed by atoms with van der Waals surface area (Å²) in [6.07, 6.45) is 0.326. The average molecular weight is 309 g/mol. The molecule has 0 radical (unpaired) electrons. The first-order valence-corrected chi connectivity index (χ1v) is 8.69. The van der Waals surface area contributed by atoms with Gasteiger partial charge in [0.1, 0.15) is 0 Å². The lowest BCUT2D eigenvalue weighted by Crippen LogP contribution is -2.13. The zero-order valence-corrected chi connectivity index (χ0v) is 12.6. The molecule has 4 nitrogen and oxygen atoms in total. The largest absolute Gasteiger partial charge is 0.326 e. The van der Waals surface area contributed by atoms with Crippen LogP contribution in [0.15, 0.2) is 46.7 Å². The lowest BCUT2D eigenvalue weighted by molar-refractivity contribution is -0.115. The highest BCUT2D eigenvalue weighted by molar-refractivity contribution is 7.91. The van der Waals surface area contributed by atoms with Gasteiger partial charge in [-0.2, -0.15) is 0 Å².